The van der Waals surface area contributed by atoms with E-state index >= 15 is 0 Å². The van der Waals surface area contributed by atoms with Crippen LogP contribution in [0.4, 0.5) is 0 Å². The Labute approximate surface area is 505 Å². The second kappa shape index (κ2) is 25.2. The van der Waals surface area contributed by atoms with E-state index in [1.54, 1.807) is 173 Å². The molecule has 2 N–H and O–H groups in total. The van der Waals surface area contributed by atoms with Gasteiger partial charge in [0.05, 0.1) is 24.5 Å². The van der Waals surface area contributed by atoms with E-state index in [-0.39, 0.29) is 40.9 Å². The summed E-state index contributed by atoms with van der Waals surface area (Å²) in [5.41, 5.74) is -1.00. The van der Waals surface area contributed by atoms with E-state index in [4.69, 9.17) is 28.4 Å². The van der Waals surface area contributed by atoms with E-state index in [0.717, 1.165) is 0 Å². The van der Waals surface area contributed by atoms with Crippen molar-refractivity contribution in [3.63, 3.8) is 0 Å². The Morgan fingerprint density at radius 1 is 0.287 bits per heavy atom. The third-order valence-corrected chi connectivity index (χ3v) is 17.9. The van der Waals surface area contributed by atoms with Gasteiger partial charge in [-0.1, -0.05) is 60.1 Å². The summed E-state index contributed by atoms with van der Waals surface area (Å²) >= 11 is 0. The molecule has 0 aliphatic heterocycles. The molecule has 14 nitrogen and oxygen atoms in total. The van der Waals surface area contributed by atoms with Crippen LogP contribution in [0.1, 0.15) is 38.8 Å². The van der Waals surface area contributed by atoms with Crippen LogP contribution in [0.2, 0.25) is 0 Å². The van der Waals surface area contributed by atoms with Crippen LogP contribution in [0.3, 0.4) is 0 Å². The number of hydrogen-bond acceptors (Lipinski definition) is 14. The SMILES string of the molecule is CC(C)(O)C#Cc1cccc(Oc2ccc(S(=O)(=O)c3ccc(Oc4cccc(Oc5ccc(S(=O)(=O)c6ccccc6Oc6cccc(Oc7ccc(S(=O)(=O)c8ccc(Oc9cccc(C#CC(C)(C)O)c9)cc8)cc7)c6)cc5)c4)cc3)cc2)c1. The summed E-state index contributed by atoms with van der Waals surface area (Å²) in [5.74, 6) is 15.7. The summed E-state index contributed by atoms with van der Waals surface area (Å²) < 4.78 is 119. The molecule has 87 heavy (non-hydrogen) atoms. The van der Waals surface area contributed by atoms with Gasteiger partial charge in [0.2, 0.25) is 29.5 Å². The number of hydrogen-bond donors (Lipinski definition) is 2. The highest BCUT2D eigenvalue weighted by molar-refractivity contribution is 7.92. The van der Waals surface area contributed by atoms with Gasteiger partial charge in [-0.25, -0.2) is 25.3 Å². The second-order valence-electron chi connectivity index (χ2n) is 20.5. The highest BCUT2D eigenvalue weighted by atomic mass is 32.2. The number of ether oxygens (including phenoxy) is 6. The maximum Gasteiger partial charge on any atom is 0.210 e. The van der Waals surface area contributed by atoms with Crippen LogP contribution in [-0.4, -0.2) is 46.7 Å². The minimum atomic E-state index is -4.13. The highest BCUT2D eigenvalue weighted by Gasteiger charge is 2.24. The molecule has 0 aliphatic carbocycles. The van der Waals surface area contributed by atoms with E-state index in [1.807, 2.05) is 0 Å². The highest BCUT2D eigenvalue weighted by Crippen LogP contribution is 2.37. The van der Waals surface area contributed by atoms with Gasteiger partial charge in [-0.2, -0.15) is 0 Å². The van der Waals surface area contributed by atoms with Crippen LogP contribution in [0, 0.1) is 23.7 Å². The van der Waals surface area contributed by atoms with Gasteiger partial charge >= 0.3 is 0 Å². The maximum atomic E-state index is 14.2. The van der Waals surface area contributed by atoms with Gasteiger partial charge in [-0.15, -0.1) is 0 Å². The Hall–Kier alpha value is -10.1. The van der Waals surface area contributed by atoms with Crippen LogP contribution in [-0.2, 0) is 29.5 Å². The molecule has 436 valence electrons. The minimum absolute atomic E-state index is 0.0189. The smallest absolute Gasteiger partial charge is 0.210 e. The molecule has 0 bridgehead atoms. The Morgan fingerprint density at radius 3 is 0.862 bits per heavy atom. The fourth-order valence-corrected chi connectivity index (χ4v) is 12.2. The summed E-state index contributed by atoms with van der Waals surface area (Å²) in [6.07, 6.45) is 0. The molecule has 10 aromatic rings. The Bertz CT molecular complexity index is 4610. The van der Waals surface area contributed by atoms with Gasteiger partial charge in [0, 0.05) is 23.3 Å². The molecule has 0 saturated carbocycles. The van der Waals surface area contributed by atoms with Crippen LogP contribution in [0.15, 0.2) is 272 Å². The standard InChI is InChI=1S/C70H54O14S3/c1-69(2,71)43-41-49-11-7-13-56(45-49)79-51-21-31-62(32-22-51)85(73,74)64-35-25-53(26-36-64)81-58-15-9-16-59(47-58)82-55-29-39-66(40-30-55)87(77,78)68-20-6-5-19-67(68)84-61-18-10-17-60(48-61)83-54-27-37-65(38-28-54)86(75,76)63-33-23-52(24-34-63)80-57-14-8-12-50(46-57)42-44-70(3,4)72/h5-40,45-48,71-72H,1-4H3. The molecular formula is C70H54O14S3. The molecular weight excluding hydrogens is 1160 g/mol. The molecule has 0 spiro atoms. The lowest BCUT2D eigenvalue weighted by Gasteiger charge is -2.14. The first-order chi connectivity index (χ1) is 41.5. The van der Waals surface area contributed by atoms with Crippen LogP contribution in [0.25, 0.3) is 0 Å². The molecule has 10 rings (SSSR count). The first-order valence-electron chi connectivity index (χ1n) is 26.8. The first-order valence-corrected chi connectivity index (χ1v) is 31.3. The normalized spacial score (nSPS) is 11.7. The van der Waals surface area contributed by atoms with E-state index in [2.05, 4.69) is 23.7 Å². The number of rotatable bonds is 18. The van der Waals surface area contributed by atoms with Crippen molar-refractivity contribution >= 4 is 29.5 Å². The molecule has 10 aromatic carbocycles. The van der Waals surface area contributed by atoms with Crippen molar-refractivity contribution in [2.24, 2.45) is 0 Å². The average molecular weight is 1220 g/mol. The summed E-state index contributed by atoms with van der Waals surface area (Å²) in [6.45, 7) is 6.37. The summed E-state index contributed by atoms with van der Waals surface area (Å²) in [4.78, 5) is 0.116. The lowest BCUT2D eigenvalue weighted by atomic mass is 10.1. The van der Waals surface area contributed by atoms with Crippen LogP contribution in [0.5, 0.6) is 69.0 Å². The average Bonchev–Trinajstić information content (AvgIpc) is 3.44. The Kier molecular flexibility index (Phi) is 17.4. The van der Waals surface area contributed by atoms with Crippen LogP contribution >= 0.6 is 0 Å². The molecule has 0 atom stereocenters. The van der Waals surface area contributed by atoms with Gasteiger partial charge in [0.15, 0.2) is 0 Å². The van der Waals surface area contributed by atoms with E-state index in [1.165, 1.54) is 97.1 Å². The maximum absolute atomic E-state index is 14.2. The summed E-state index contributed by atoms with van der Waals surface area (Å²) in [7, 11) is -12.0. The molecule has 0 aromatic heterocycles. The van der Waals surface area contributed by atoms with Gasteiger partial charge in [-0.05, 0) is 222 Å². The first kappa shape index (κ1) is 60.0. The van der Waals surface area contributed by atoms with Gasteiger partial charge in [0.25, 0.3) is 0 Å². The molecule has 0 aliphatic rings. The monoisotopic (exact) mass is 1210 g/mol. The van der Waals surface area contributed by atoms with Gasteiger partial charge in [-0.3, -0.25) is 0 Å². The van der Waals surface area contributed by atoms with Crippen molar-refractivity contribution in [1.82, 2.24) is 0 Å². The molecule has 0 saturated heterocycles. The number of sulfone groups is 3. The van der Waals surface area contributed by atoms with Crippen LogP contribution < -0.4 is 28.4 Å². The molecule has 0 heterocycles. The van der Waals surface area contributed by atoms with Gasteiger partial charge in [0.1, 0.15) is 85.1 Å². The molecule has 0 amide bonds. The second-order valence-corrected chi connectivity index (χ2v) is 26.4. The predicted octanol–water partition coefficient (Wildman–Crippen LogP) is 15.2. The summed E-state index contributed by atoms with van der Waals surface area (Å²) in [5, 5.41) is 19.9. The van der Waals surface area contributed by atoms with E-state index < -0.39 is 40.7 Å². The molecule has 0 fully saturated rings. The van der Waals surface area contributed by atoms with E-state index in [0.29, 0.717) is 68.6 Å². The number of benzene rings is 10. The van der Waals surface area contributed by atoms with Crippen molar-refractivity contribution < 1.29 is 63.9 Å². The molecule has 17 heteroatoms. The molecule has 0 radical (unpaired) electrons. The zero-order valence-electron chi connectivity index (χ0n) is 47.1. The topological polar surface area (TPSA) is 198 Å². The number of para-hydroxylation sites is 1. The van der Waals surface area contributed by atoms with Crippen molar-refractivity contribution in [3.8, 4) is 92.7 Å². The quantitative estimate of drug-likeness (QED) is 0.0769. The van der Waals surface area contributed by atoms with Crippen molar-refractivity contribution in [2.45, 2.75) is 68.3 Å². The Morgan fingerprint density at radius 2 is 0.552 bits per heavy atom. The van der Waals surface area contributed by atoms with Crippen molar-refractivity contribution in [1.29, 1.82) is 0 Å². The zero-order valence-corrected chi connectivity index (χ0v) is 49.6. The largest absolute Gasteiger partial charge is 0.457 e. The fraction of sp³-hybridized carbons (Fsp3) is 0.0857. The van der Waals surface area contributed by atoms with E-state index in [9.17, 15) is 35.5 Å². The summed E-state index contributed by atoms with van der Waals surface area (Å²) in [6, 6.07) is 63.5. The third-order valence-electron chi connectivity index (χ3n) is 12.5. The lowest BCUT2D eigenvalue weighted by molar-refractivity contribution is 0.143. The zero-order chi connectivity index (χ0) is 61.4. The van der Waals surface area contributed by atoms with Crippen molar-refractivity contribution in [3.05, 3.63) is 254 Å². The van der Waals surface area contributed by atoms with Crippen molar-refractivity contribution in [2.75, 3.05) is 0 Å². The number of aliphatic hydroxyl groups is 2. The fourth-order valence-electron chi connectivity index (χ4n) is 8.32. The lowest BCUT2D eigenvalue weighted by Crippen LogP contribution is -2.14. The predicted molar refractivity (Wildman–Crippen MR) is 328 cm³/mol. The Balaban J connectivity index is 0.730. The van der Waals surface area contributed by atoms with Gasteiger partial charge < -0.3 is 38.6 Å². The third kappa shape index (κ3) is 15.6. The molecule has 0 unspecified atom stereocenters. The minimum Gasteiger partial charge on any atom is -0.457 e.